The van der Waals surface area contributed by atoms with E-state index in [2.05, 4.69) is 15.6 Å². The molecule has 0 atom stereocenters. The van der Waals surface area contributed by atoms with Gasteiger partial charge in [-0.1, -0.05) is 23.2 Å². The summed E-state index contributed by atoms with van der Waals surface area (Å²) in [4.78, 5) is 14.7. The summed E-state index contributed by atoms with van der Waals surface area (Å²) in [5.74, 6) is 0.751. The molecule has 2 aromatic rings. The van der Waals surface area contributed by atoms with E-state index < -0.39 is 4.92 Å². The maximum absolute atomic E-state index is 11.0. The lowest BCUT2D eigenvalue weighted by molar-refractivity contribution is -0.384. The quantitative estimate of drug-likeness (QED) is 0.625. The Morgan fingerprint density at radius 2 is 1.76 bits per heavy atom. The molecule has 0 spiro atoms. The molecule has 8 heteroatoms. The Bertz CT molecular complexity index is 659. The van der Waals surface area contributed by atoms with Gasteiger partial charge in [-0.05, 0) is 25.1 Å². The van der Waals surface area contributed by atoms with Crippen molar-refractivity contribution in [1.82, 2.24) is 4.98 Å². The molecular weight excluding hydrogens is 315 g/mol. The minimum atomic E-state index is -0.474. The van der Waals surface area contributed by atoms with Crippen LogP contribution >= 0.6 is 23.2 Å². The summed E-state index contributed by atoms with van der Waals surface area (Å²) in [6.07, 6.45) is 0. The van der Waals surface area contributed by atoms with E-state index in [9.17, 15) is 10.1 Å². The molecule has 0 radical (unpaired) electrons. The topological polar surface area (TPSA) is 80.1 Å². The predicted octanol–water partition coefficient (Wildman–Crippen LogP) is 4.47. The molecule has 0 amide bonds. The lowest BCUT2D eigenvalue weighted by atomic mass is 10.3. The number of hydrogen-bond donors (Lipinski definition) is 2. The van der Waals surface area contributed by atoms with Gasteiger partial charge >= 0.3 is 0 Å². The molecule has 110 valence electrons. The Labute approximate surface area is 131 Å². The van der Waals surface area contributed by atoms with Crippen LogP contribution in [0.3, 0.4) is 0 Å². The zero-order valence-electron chi connectivity index (χ0n) is 11.1. The number of aromatic nitrogens is 1. The molecule has 0 unspecified atom stereocenters. The van der Waals surface area contributed by atoms with Crippen molar-refractivity contribution >= 4 is 46.2 Å². The predicted molar refractivity (Wildman–Crippen MR) is 84.8 cm³/mol. The Balaban J connectivity index is 2.35. The molecule has 0 fully saturated rings. The molecule has 0 saturated heterocycles. The first-order chi connectivity index (χ1) is 9.97. The van der Waals surface area contributed by atoms with E-state index in [0.717, 1.165) is 0 Å². The Morgan fingerprint density at radius 1 is 1.14 bits per heavy atom. The monoisotopic (exact) mass is 326 g/mol. The van der Waals surface area contributed by atoms with E-state index >= 15 is 0 Å². The average molecular weight is 327 g/mol. The number of benzene rings is 1. The number of hydrogen-bond acceptors (Lipinski definition) is 5. The van der Waals surface area contributed by atoms with Crippen molar-refractivity contribution in [3.8, 4) is 0 Å². The van der Waals surface area contributed by atoms with Crippen LogP contribution in [-0.2, 0) is 0 Å². The second-order valence-corrected chi connectivity index (χ2v) is 5.04. The smallest absolute Gasteiger partial charge is 0.276 e. The maximum atomic E-state index is 11.0. The van der Waals surface area contributed by atoms with Crippen molar-refractivity contribution in [1.29, 1.82) is 0 Å². The minimum absolute atomic E-state index is 0.0587. The SMILES string of the molecule is CCNc1cc([N+](=O)[O-])cc(Nc2cc(Cl)cc(Cl)c2)n1. The van der Waals surface area contributed by atoms with E-state index in [-0.39, 0.29) is 5.69 Å². The van der Waals surface area contributed by atoms with Gasteiger partial charge in [-0.3, -0.25) is 10.1 Å². The van der Waals surface area contributed by atoms with Crippen LogP contribution in [0.5, 0.6) is 0 Å². The summed E-state index contributed by atoms with van der Waals surface area (Å²) in [5.41, 5.74) is 0.541. The van der Waals surface area contributed by atoms with Crippen LogP contribution in [0, 0.1) is 10.1 Å². The molecule has 0 bridgehead atoms. The molecule has 0 aliphatic rings. The zero-order chi connectivity index (χ0) is 15.4. The van der Waals surface area contributed by atoms with E-state index in [1.165, 1.54) is 12.1 Å². The highest BCUT2D eigenvalue weighted by atomic mass is 35.5. The molecule has 1 aromatic carbocycles. The third kappa shape index (κ3) is 4.21. The van der Waals surface area contributed by atoms with Gasteiger partial charge in [0.05, 0.1) is 17.1 Å². The van der Waals surface area contributed by atoms with Crippen LogP contribution in [-0.4, -0.2) is 16.5 Å². The number of nitro groups is 1. The second-order valence-electron chi connectivity index (χ2n) is 4.17. The number of anilines is 3. The van der Waals surface area contributed by atoms with Crippen molar-refractivity contribution in [2.45, 2.75) is 6.92 Å². The highest BCUT2D eigenvalue weighted by Gasteiger charge is 2.11. The first-order valence-corrected chi connectivity index (χ1v) is 6.87. The largest absolute Gasteiger partial charge is 0.370 e. The molecule has 2 rings (SSSR count). The summed E-state index contributed by atoms with van der Waals surface area (Å²) in [6, 6.07) is 7.62. The van der Waals surface area contributed by atoms with E-state index in [0.29, 0.717) is 33.9 Å². The second kappa shape index (κ2) is 6.60. The summed E-state index contributed by atoms with van der Waals surface area (Å²) >= 11 is 11.8. The van der Waals surface area contributed by atoms with Crippen molar-refractivity contribution < 1.29 is 4.92 Å². The minimum Gasteiger partial charge on any atom is -0.370 e. The van der Waals surface area contributed by atoms with E-state index in [1.807, 2.05) is 6.92 Å². The first kappa shape index (κ1) is 15.3. The Morgan fingerprint density at radius 3 is 2.33 bits per heavy atom. The van der Waals surface area contributed by atoms with Gasteiger partial charge in [0.2, 0.25) is 0 Å². The Kier molecular flexibility index (Phi) is 4.82. The number of nitrogens with zero attached hydrogens (tertiary/aromatic N) is 2. The summed E-state index contributed by atoms with van der Waals surface area (Å²) in [7, 11) is 0. The molecule has 2 N–H and O–H groups in total. The fraction of sp³-hybridized carbons (Fsp3) is 0.154. The number of pyridine rings is 1. The average Bonchev–Trinajstić information content (AvgIpc) is 2.37. The number of halogens is 2. The summed E-state index contributed by atoms with van der Waals surface area (Å²) < 4.78 is 0. The molecular formula is C13H12Cl2N4O2. The first-order valence-electron chi connectivity index (χ1n) is 6.11. The normalized spacial score (nSPS) is 10.2. The van der Waals surface area contributed by atoms with Crippen LogP contribution in [0.4, 0.5) is 23.0 Å². The van der Waals surface area contributed by atoms with Crippen LogP contribution in [0.25, 0.3) is 0 Å². The summed E-state index contributed by atoms with van der Waals surface area (Å²) in [5, 5.41) is 17.8. The van der Waals surface area contributed by atoms with Gasteiger partial charge in [0, 0.05) is 22.3 Å². The lowest BCUT2D eigenvalue weighted by Crippen LogP contribution is -2.03. The highest BCUT2D eigenvalue weighted by molar-refractivity contribution is 6.35. The Hall–Kier alpha value is -2.05. The van der Waals surface area contributed by atoms with Crippen molar-refractivity contribution in [3.63, 3.8) is 0 Å². The molecule has 0 aliphatic carbocycles. The maximum Gasteiger partial charge on any atom is 0.276 e. The van der Waals surface area contributed by atoms with Crippen LogP contribution in [0.2, 0.25) is 10.0 Å². The molecule has 1 aromatic heterocycles. The standard InChI is InChI=1S/C13H12Cl2N4O2/c1-2-16-12-6-11(19(20)21)7-13(18-12)17-10-4-8(14)3-9(15)5-10/h3-7H,2H2,1H3,(H2,16,17,18). The third-order valence-electron chi connectivity index (χ3n) is 2.51. The van der Waals surface area contributed by atoms with Gasteiger partial charge < -0.3 is 10.6 Å². The van der Waals surface area contributed by atoms with E-state index in [1.54, 1.807) is 18.2 Å². The number of nitrogens with one attached hydrogen (secondary N) is 2. The molecule has 1 heterocycles. The van der Waals surface area contributed by atoms with E-state index in [4.69, 9.17) is 23.2 Å². The number of rotatable bonds is 5. The van der Waals surface area contributed by atoms with Crippen molar-refractivity contribution in [2.24, 2.45) is 0 Å². The van der Waals surface area contributed by atoms with Gasteiger partial charge in [-0.15, -0.1) is 0 Å². The van der Waals surface area contributed by atoms with Crippen LogP contribution < -0.4 is 10.6 Å². The molecule has 6 nitrogen and oxygen atoms in total. The molecule has 0 aliphatic heterocycles. The van der Waals surface area contributed by atoms with Gasteiger partial charge in [0.1, 0.15) is 11.6 Å². The van der Waals surface area contributed by atoms with Gasteiger partial charge in [-0.25, -0.2) is 4.98 Å². The molecule has 21 heavy (non-hydrogen) atoms. The van der Waals surface area contributed by atoms with Crippen molar-refractivity contribution in [3.05, 3.63) is 50.5 Å². The van der Waals surface area contributed by atoms with Gasteiger partial charge in [-0.2, -0.15) is 0 Å². The third-order valence-corrected chi connectivity index (χ3v) is 2.95. The highest BCUT2D eigenvalue weighted by Crippen LogP contribution is 2.27. The fourth-order valence-electron chi connectivity index (χ4n) is 1.73. The van der Waals surface area contributed by atoms with Gasteiger partial charge in [0.15, 0.2) is 0 Å². The summed E-state index contributed by atoms with van der Waals surface area (Å²) in [6.45, 7) is 2.49. The van der Waals surface area contributed by atoms with Crippen LogP contribution in [0.1, 0.15) is 6.92 Å². The van der Waals surface area contributed by atoms with Gasteiger partial charge in [0.25, 0.3) is 5.69 Å². The van der Waals surface area contributed by atoms with Crippen molar-refractivity contribution in [2.75, 3.05) is 17.2 Å². The van der Waals surface area contributed by atoms with Crippen LogP contribution in [0.15, 0.2) is 30.3 Å². The molecule has 0 saturated carbocycles. The zero-order valence-corrected chi connectivity index (χ0v) is 12.6. The lowest BCUT2D eigenvalue weighted by Gasteiger charge is -2.09. The fourth-order valence-corrected chi connectivity index (χ4v) is 2.26.